The molecular weight excluding hydrogens is 274 g/mol. The summed E-state index contributed by atoms with van der Waals surface area (Å²) in [5, 5.41) is 4.62. The Labute approximate surface area is 130 Å². The van der Waals surface area contributed by atoms with Gasteiger partial charge in [0, 0.05) is 7.05 Å². The van der Waals surface area contributed by atoms with Gasteiger partial charge in [-0.25, -0.2) is 4.98 Å². The number of aromatic amines is 1. The molecule has 2 heterocycles. The van der Waals surface area contributed by atoms with E-state index in [0.29, 0.717) is 11.7 Å². The molecule has 5 heteroatoms. The normalized spacial score (nSPS) is 11.6. The van der Waals surface area contributed by atoms with Crippen molar-refractivity contribution < 1.29 is 0 Å². The number of hydrogen-bond donors (Lipinski definition) is 2. The molecular formula is C17H23N5. The smallest absolute Gasteiger partial charge is 0.144 e. The zero-order valence-corrected chi connectivity index (χ0v) is 13.4. The number of fused-ring (bicyclic) bond motifs is 1. The second-order valence-electron chi connectivity index (χ2n) is 5.82. The summed E-state index contributed by atoms with van der Waals surface area (Å²) in [6.45, 7) is 4.45. The fourth-order valence-electron chi connectivity index (χ4n) is 2.92. The fraction of sp³-hybridized carbons (Fsp3) is 0.412. The number of anilines is 1. The van der Waals surface area contributed by atoms with E-state index in [-0.39, 0.29) is 0 Å². The highest BCUT2D eigenvalue weighted by molar-refractivity contribution is 5.82. The predicted octanol–water partition coefficient (Wildman–Crippen LogP) is 3.52. The molecule has 3 rings (SSSR count). The third-order valence-corrected chi connectivity index (χ3v) is 4.43. The van der Waals surface area contributed by atoms with Crippen LogP contribution in [0.2, 0.25) is 0 Å². The number of hydrogen-bond acceptors (Lipinski definition) is 3. The van der Waals surface area contributed by atoms with Gasteiger partial charge in [-0.1, -0.05) is 38.8 Å². The van der Waals surface area contributed by atoms with Gasteiger partial charge in [-0.2, -0.15) is 5.10 Å². The molecule has 3 N–H and O–H groups in total. The second-order valence-corrected chi connectivity index (χ2v) is 5.82. The molecule has 0 atom stereocenters. The van der Waals surface area contributed by atoms with Gasteiger partial charge in [0.1, 0.15) is 11.6 Å². The van der Waals surface area contributed by atoms with E-state index in [0.717, 1.165) is 47.4 Å². The van der Waals surface area contributed by atoms with Crippen molar-refractivity contribution in [1.82, 2.24) is 19.7 Å². The van der Waals surface area contributed by atoms with Crippen molar-refractivity contribution in [3.8, 4) is 11.4 Å². The number of H-pyrrole nitrogens is 1. The summed E-state index contributed by atoms with van der Waals surface area (Å²) >= 11 is 0. The topological polar surface area (TPSA) is 72.5 Å². The minimum atomic E-state index is 0.623. The van der Waals surface area contributed by atoms with E-state index < -0.39 is 0 Å². The van der Waals surface area contributed by atoms with Gasteiger partial charge in [0.2, 0.25) is 0 Å². The maximum atomic E-state index is 6.26. The van der Waals surface area contributed by atoms with Crippen molar-refractivity contribution in [2.24, 2.45) is 13.0 Å². The molecule has 2 aromatic heterocycles. The Kier molecular flexibility index (Phi) is 3.88. The summed E-state index contributed by atoms with van der Waals surface area (Å²) in [5.41, 5.74) is 10.2. The Morgan fingerprint density at radius 3 is 2.64 bits per heavy atom. The quantitative estimate of drug-likeness (QED) is 0.756. The van der Waals surface area contributed by atoms with E-state index in [2.05, 4.69) is 28.9 Å². The number of aryl methyl sites for hydroxylation is 1. The lowest BCUT2D eigenvalue weighted by Crippen LogP contribution is -2.04. The highest BCUT2D eigenvalue weighted by atomic mass is 15.3. The van der Waals surface area contributed by atoms with Crippen LogP contribution in [0, 0.1) is 5.92 Å². The summed E-state index contributed by atoms with van der Waals surface area (Å²) in [4.78, 5) is 8.06. The standard InChI is InChI=1S/C17H23N5/c1-4-11(5-2)10-14-15(16(18)22(3)21-14)17-19-12-8-6-7-9-13(12)20-17/h6-9,11H,4-5,10,18H2,1-3H3,(H,19,20). The number of nitrogens with zero attached hydrogens (tertiary/aromatic N) is 3. The number of benzene rings is 1. The summed E-state index contributed by atoms with van der Waals surface area (Å²) in [6.07, 6.45) is 3.23. The zero-order valence-electron chi connectivity index (χ0n) is 13.4. The maximum absolute atomic E-state index is 6.26. The van der Waals surface area contributed by atoms with Crippen LogP contribution in [0.3, 0.4) is 0 Å². The summed E-state index contributed by atoms with van der Waals surface area (Å²) < 4.78 is 1.75. The van der Waals surface area contributed by atoms with Crippen LogP contribution < -0.4 is 5.73 Å². The first-order chi connectivity index (χ1) is 10.6. The molecule has 116 valence electrons. The van der Waals surface area contributed by atoms with Crippen molar-refractivity contribution in [3.63, 3.8) is 0 Å². The molecule has 0 spiro atoms. The number of aromatic nitrogens is 4. The summed E-state index contributed by atoms with van der Waals surface area (Å²) in [5.74, 6) is 2.10. The Morgan fingerprint density at radius 2 is 1.95 bits per heavy atom. The number of nitrogens with one attached hydrogen (secondary N) is 1. The predicted molar refractivity (Wildman–Crippen MR) is 90.5 cm³/mol. The van der Waals surface area contributed by atoms with E-state index in [1.54, 1.807) is 4.68 Å². The fourth-order valence-corrected chi connectivity index (χ4v) is 2.92. The summed E-state index contributed by atoms with van der Waals surface area (Å²) in [6, 6.07) is 8.02. The number of nitrogens with two attached hydrogens (primary N) is 1. The molecule has 0 unspecified atom stereocenters. The van der Waals surface area contributed by atoms with Crippen LogP contribution in [0.15, 0.2) is 24.3 Å². The first-order valence-electron chi connectivity index (χ1n) is 7.90. The third kappa shape index (κ3) is 2.47. The highest BCUT2D eigenvalue weighted by Gasteiger charge is 2.20. The Morgan fingerprint density at radius 1 is 1.23 bits per heavy atom. The van der Waals surface area contributed by atoms with Crippen LogP contribution in [0.25, 0.3) is 22.4 Å². The summed E-state index contributed by atoms with van der Waals surface area (Å²) in [7, 11) is 1.89. The van der Waals surface area contributed by atoms with Gasteiger partial charge in [0.15, 0.2) is 0 Å². The lowest BCUT2D eigenvalue weighted by atomic mass is 9.96. The average molecular weight is 297 g/mol. The van der Waals surface area contributed by atoms with E-state index in [1.807, 2.05) is 31.3 Å². The molecule has 0 saturated carbocycles. The number of nitrogen functional groups attached to an aromatic ring is 1. The largest absolute Gasteiger partial charge is 0.383 e. The maximum Gasteiger partial charge on any atom is 0.144 e. The monoisotopic (exact) mass is 297 g/mol. The molecule has 5 nitrogen and oxygen atoms in total. The molecule has 0 fully saturated rings. The van der Waals surface area contributed by atoms with Crippen molar-refractivity contribution in [1.29, 1.82) is 0 Å². The average Bonchev–Trinajstić information content (AvgIpc) is 3.06. The Bertz CT molecular complexity index is 747. The first kappa shape index (κ1) is 14.6. The van der Waals surface area contributed by atoms with Crippen LogP contribution in [0.4, 0.5) is 5.82 Å². The number of para-hydroxylation sites is 2. The minimum Gasteiger partial charge on any atom is -0.383 e. The van der Waals surface area contributed by atoms with Crippen molar-refractivity contribution in [2.75, 3.05) is 5.73 Å². The zero-order chi connectivity index (χ0) is 15.7. The second kappa shape index (κ2) is 5.83. The van der Waals surface area contributed by atoms with E-state index in [9.17, 15) is 0 Å². The molecule has 22 heavy (non-hydrogen) atoms. The minimum absolute atomic E-state index is 0.623. The van der Waals surface area contributed by atoms with Crippen molar-refractivity contribution in [2.45, 2.75) is 33.1 Å². The van der Waals surface area contributed by atoms with Gasteiger partial charge < -0.3 is 10.7 Å². The molecule has 0 aliphatic carbocycles. The molecule has 0 aliphatic heterocycles. The number of imidazole rings is 1. The molecule has 3 aromatic rings. The first-order valence-corrected chi connectivity index (χ1v) is 7.90. The molecule has 0 saturated heterocycles. The van der Waals surface area contributed by atoms with Crippen LogP contribution in [0.5, 0.6) is 0 Å². The van der Waals surface area contributed by atoms with Gasteiger partial charge in [0.05, 0.1) is 22.3 Å². The molecule has 0 amide bonds. The number of rotatable bonds is 5. The van der Waals surface area contributed by atoms with Gasteiger partial charge in [0.25, 0.3) is 0 Å². The molecule has 0 aliphatic rings. The van der Waals surface area contributed by atoms with Crippen LogP contribution >= 0.6 is 0 Å². The lowest BCUT2D eigenvalue weighted by Gasteiger charge is -2.10. The van der Waals surface area contributed by atoms with E-state index in [1.165, 1.54) is 0 Å². The van der Waals surface area contributed by atoms with E-state index >= 15 is 0 Å². The van der Waals surface area contributed by atoms with Gasteiger partial charge in [-0.3, -0.25) is 4.68 Å². The van der Waals surface area contributed by atoms with Gasteiger partial charge in [-0.05, 0) is 24.5 Å². The van der Waals surface area contributed by atoms with Crippen molar-refractivity contribution >= 4 is 16.9 Å². The van der Waals surface area contributed by atoms with Gasteiger partial charge in [-0.15, -0.1) is 0 Å². The van der Waals surface area contributed by atoms with Crippen LogP contribution in [-0.4, -0.2) is 19.7 Å². The molecule has 0 bridgehead atoms. The Hall–Kier alpha value is -2.30. The Balaban J connectivity index is 2.08. The van der Waals surface area contributed by atoms with E-state index in [4.69, 9.17) is 5.73 Å². The van der Waals surface area contributed by atoms with Gasteiger partial charge >= 0.3 is 0 Å². The van der Waals surface area contributed by atoms with Crippen LogP contribution in [-0.2, 0) is 13.5 Å². The van der Waals surface area contributed by atoms with Crippen LogP contribution in [0.1, 0.15) is 32.4 Å². The lowest BCUT2D eigenvalue weighted by molar-refractivity contribution is 0.482. The third-order valence-electron chi connectivity index (χ3n) is 4.43. The highest BCUT2D eigenvalue weighted by Crippen LogP contribution is 2.31. The molecule has 1 aromatic carbocycles. The SMILES string of the molecule is CCC(CC)Cc1nn(C)c(N)c1-c1nc2ccccc2[nH]1. The van der Waals surface area contributed by atoms with Crippen molar-refractivity contribution in [3.05, 3.63) is 30.0 Å². The molecule has 0 radical (unpaired) electrons.